The maximum absolute atomic E-state index is 12.7. The number of hydrogen-bond donors (Lipinski definition) is 3. The average molecular weight is 344 g/mol. The third-order valence-electron chi connectivity index (χ3n) is 4.94. The van der Waals surface area contributed by atoms with Gasteiger partial charge in [-0.25, -0.2) is 13.1 Å². The number of aromatic amines is 2. The van der Waals surface area contributed by atoms with Crippen LogP contribution >= 0.6 is 0 Å². The number of nitrogens with zero attached hydrogens (tertiary/aromatic N) is 1. The maximum atomic E-state index is 12.7. The molecule has 0 amide bonds. The van der Waals surface area contributed by atoms with Gasteiger partial charge in [-0.05, 0) is 38.3 Å². The molecule has 2 aromatic heterocycles. The summed E-state index contributed by atoms with van der Waals surface area (Å²) in [6, 6.07) is 8.13. The third kappa shape index (κ3) is 2.35. The van der Waals surface area contributed by atoms with E-state index < -0.39 is 10.0 Å². The molecule has 0 unspecified atom stereocenters. The molecule has 7 heteroatoms. The summed E-state index contributed by atoms with van der Waals surface area (Å²) >= 11 is 0. The summed E-state index contributed by atoms with van der Waals surface area (Å²) in [4.78, 5) is 3.55. The first-order chi connectivity index (χ1) is 11.4. The molecule has 24 heavy (non-hydrogen) atoms. The number of hydrogen-bond acceptors (Lipinski definition) is 3. The molecule has 3 N–H and O–H groups in total. The van der Waals surface area contributed by atoms with E-state index >= 15 is 0 Å². The Balaban J connectivity index is 1.62. The molecule has 0 saturated heterocycles. The minimum absolute atomic E-state index is 0.113. The number of H-pyrrole nitrogens is 2. The summed E-state index contributed by atoms with van der Waals surface area (Å²) in [5.41, 5.74) is 3.23. The fourth-order valence-corrected chi connectivity index (χ4v) is 4.94. The first-order valence-corrected chi connectivity index (χ1v) is 9.49. The van der Waals surface area contributed by atoms with E-state index in [2.05, 4.69) is 26.0 Å². The Labute approximate surface area is 140 Å². The van der Waals surface area contributed by atoms with E-state index in [1.54, 1.807) is 13.8 Å². The van der Waals surface area contributed by atoms with E-state index in [9.17, 15) is 8.42 Å². The van der Waals surface area contributed by atoms with Gasteiger partial charge in [0.25, 0.3) is 0 Å². The van der Waals surface area contributed by atoms with Gasteiger partial charge in [-0.15, -0.1) is 0 Å². The van der Waals surface area contributed by atoms with Crippen LogP contribution in [0.5, 0.6) is 0 Å². The second-order valence-corrected chi connectivity index (χ2v) is 8.32. The van der Waals surface area contributed by atoms with Crippen LogP contribution in [0.4, 0.5) is 0 Å². The van der Waals surface area contributed by atoms with E-state index in [1.807, 2.05) is 24.4 Å². The Morgan fingerprint density at radius 2 is 2.00 bits per heavy atom. The summed E-state index contributed by atoms with van der Waals surface area (Å²) in [6.45, 7) is 3.83. The normalized spacial score (nSPS) is 16.6. The average Bonchev–Trinajstić information content (AvgIpc) is 3.08. The molecule has 126 valence electrons. The monoisotopic (exact) mass is 344 g/mol. The number of rotatable bonds is 5. The quantitative estimate of drug-likeness (QED) is 0.664. The Morgan fingerprint density at radius 1 is 1.25 bits per heavy atom. The molecule has 1 aromatic carbocycles. The van der Waals surface area contributed by atoms with Gasteiger partial charge in [-0.1, -0.05) is 18.2 Å². The molecule has 0 bridgehead atoms. The van der Waals surface area contributed by atoms with Gasteiger partial charge in [0, 0.05) is 29.1 Å². The number of para-hydroxylation sites is 1. The van der Waals surface area contributed by atoms with Crippen molar-refractivity contribution in [2.75, 3.05) is 6.54 Å². The lowest BCUT2D eigenvalue weighted by Crippen LogP contribution is -2.32. The van der Waals surface area contributed by atoms with E-state index in [4.69, 9.17) is 0 Å². The van der Waals surface area contributed by atoms with Crippen LogP contribution in [0.15, 0.2) is 35.4 Å². The lowest BCUT2D eigenvalue weighted by molar-refractivity contribution is 0.566. The Hall–Kier alpha value is -2.12. The summed E-state index contributed by atoms with van der Waals surface area (Å²) in [6.07, 6.45) is 3.99. The molecule has 0 atom stereocenters. The second-order valence-electron chi connectivity index (χ2n) is 6.62. The van der Waals surface area contributed by atoms with Crippen molar-refractivity contribution in [2.45, 2.75) is 37.0 Å². The van der Waals surface area contributed by atoms with Crippen molar-refractivity contribution in [3.8, 4) is 0 Å². The van der Waals surface area contributed by atoms with Crippen molar-refractivity contribution in [3.63, 3.8) is 0 Å². The number of benzene rings is 1. The second kappa shape index (κ2) is 5.19. The molecule has 3 aromatic rings. The summed E-state index contributed by atoms with van der Waals surface area (Å²) in [5.74, 6) is 0. The van der Waals surface area contributed by atoms with Gasteiger partial charge in [-0.3, -0.25) is 5.10 Å². The largest absolute Gasteiger partial charge is 0.361 e. The van der Waals surface area contributed by atoms with E-state index in [-0.39, 0.29) is 10.3 Å². The van der Waals surface area contributed by atoms with Crippen molar-refractivity contribution in [1.82, 2.24) is 19.9 Å². The Kier molecular flexibility index (Phi) is 3.33. The zero-order valence-corrected chi connectivity index (χ0v) is 14.5. The van der Waals surface area contributed by atoms with Crippen molar-refractivity contribution in [1.29, 1.82) is 0 Å². The fraction of sp³-hybridized carbons (Fsp3) is 0.353. The van der Waals surface area contributed by atoms with Crippen molar-refractivity contribution in [3.05, 3.63) is 47.4 Å². The number of fused-ring (bicyclic) bond motifs is 1. The van der Waals surface area contributed by atoms with Crippen LogP contribution in [-0.4, -0.2) is 30.1 Å². The summed E-state index contributed by atoms with van der Waals surface area (Å²) < 4.78 is 28.1. The van der Waals surface area contributed by atoms with Crippen LogP contribution in [0.2, 0.25) is 0 Å². The maximum Gasteiger partial charge on any atom is 0.244 e. The summed E-state index contributed by atoms with van der Waals surface area (Å²) in [5, 5.41) is 7.89. The predicted octanol–water partition coefficient (Wildman–Crippen LogP) is 2.52. The molecule has 1 aliphatic carbocycles. The number of aromatic nitrogens is 3. The van der Waals surface area contributed by atoms with E-state index in [1.165, 1.54) is 10.9 Å². The zero-order chi connectivity index (χ0) is 16.9. The molecule has 1 saturated carbocycles. The molecule has 4 rings (SSSR count). The van der Waals surface area contributed by atoms with Crippen LogP contribution in [0, 0.1) is 13.8 Å². The number of sulfonamides is 1. The molecule has 0 radical (unpaired) electrons. The van der Waals surface area contributed by atoms with Crippen molar-refractivity contribution >= 4 is 20.9 Å². The van der Waals surface area contributed by atoms with Gasteiger partial charge in [-0.2, -0.15) is 5.10 Å². The number of aryl methyl sites for hydroxylation is 2. The highest BCUT2D eigenvalue weighted by Crippen LogP contribution is 2.50. The van der Waals surface area contributed by atoms with Gasteiger partial charge in [0.05, 0.1) is 11.4 Å². The third-order valence-corrected chi connectivity index (χ3v) is 6.61. The molecule has 2 heterocycles. The summed E-state index contributed by atoms with van der Waals surface area (Å²) in [7, 11) is -3.57. The molecular weight excluding hydrogens is 324 g/mol. The fourth-order valence-electron chi connectivity index (χ4n) is 3.44. The highest BCUT2D eigenvalue weighted by Gasteiger charge is 2.46. The molecule has 1 aliphatic rings. The Morgan fingerprint density at radius 3 is 2.67 bits per heavy atom. The van der Waals surface area contributed by atoms with Gasteiger partial charge >= 0.3 is 0 Å². The standard InChI is InChI=1S/C17H20N4O2S/c1-11-16(12(2)21-20-11)24(22,23)19-10-17(7-8-17)14-9-18-15-6-4-3-5-13(14)15/h3-6,9,18-19H,7-8,10H2,1-2H3,(H,20,21). The van der Waals surface area contributed by atoms with Crippen LogP contribution in [0.25, 0.3) is 10.9 Å². The van der Waals surface area contributed by atoms with Crippen LogP contribution < -0.4 is 4.72 Å². The molecule has 0 aliphatic heterocycles. The van der Waals surface area contributed by atoms with Crippen molar-refractivity contribution in [2.24, 2.45) is 0 Å². The molecule has 0 spiro atoms. The van der Waals surface area contributed by atoms with E-state index in [0.717, 1.165) is 18.4 Å². The van der Waals surface area contributed by atoms with Crippen LogP contribution in [0.3, 0.4) is 0 Å². The van der Waals surface area contributed by atoms with Gasteiger partial charge in [0.1, 0.15) is 4.90 Å². The molecule has 6 nitrogen and oxygen atoms in total. The van der Waals surface area contributed by atoms with Crippen LogP contribution in [0.1, 0.15) is 29.8 Å². The SMILES string of the molecule is Cc1n[nH]c(C)c1S(=O)(=O)NCC1(c2c[nH]c3ccccc23)CC1. The molecule has 1 fully saturated rings. The van der Waals surface area contributed by atoms with Crippen molar-refractivity contribution < 1.29 is 8.42 Å². The first-order valence-electron chi connectivity index (χ1n) is 8.01. The van der Waals surface area contributed by atoms with E-state index in [0.29, 0.717) is 17.9 Å². The minimum Gasteiger partial charge on any atom is -0.361 e. The molecular formula is C17H20N4O2S. The lowest BCUT2D eigenvalue weighted by atomic mass is 9.96. The number of nitrogens with one attached hydrogen (secondary N) is 3. The van der Waals surface area contributed by atoms with Gasteiger partial charge < -0.3 is 4.98 Å². The lowest BCUT2D eigenvalue weighted by Gasteiger charge is -2.16. The topological polar surface area (TPSA) is 90.6 Å². The van der Waals surface area contributed by atoms with Gasteiger partial charge in [0.2, 0.25) is 10.0 Å². The minimum atomic E-state index is -3.57. The smallest absolute Gasteiger partial charge is 0.244 e. The van der Waals surface area contributed by atoms with Gasteiger partial charge in [0.15, 0.2) is 0 Å². The first kappa shape index (κ1) is 15.4. The Bertz CT molecular complexity index is 993. The zero-order valence-electron chi connectivity index (χ0n) is 13.7. The highest BCUT2D eigenvalue weighted by molar-refractivity contribution is 7.89. The predicted molar refractivity (Wildman–Crippen MR) is 92.5 cm³/mol. The van der Waals surface area contributed by atoms with Crippen LogP contribution in [-0.2, 0) is 15.4 Å². The highest BCUT2D eigenvalue weighted by atomic mass is 32.2.